The minimum absolute atomic E-state index is 0.115. The van der Waals surface area contributed by atoms with Gasteiger partial charge in [-0.3, -0.25) is 9.69 Å². The van der Waals surface area contributed by atoms with Crippen molar-refractivity contribution in [1.82, 2.24) is 4.90 Å². The van der Waals surface area contributed by atoms with E-state index >= 15 is 0 Å². The van der Waals surface area contributed by atoms with Gasteiger partial charge in [-0.1, -0.05) is 0 Å². The second kappa shape index (κ2) is 5.61. The first-order valence-corrected chi connectivity index (χ1v) is 7.36. The Morgan fingerprint density at radius 1 is 1.65 bits per heavy atom. The topological polar surface area (TPSA) is 40.5 Å². The highest BCUT2D eigenvalue weighted by molar-refractivity contribution is 9.10. The van der Waals surface area contributed by atoms with Crippen LogP contribution in [0, 0.1) is 5.92 Å². The second-order valence-corrected chi connectivity index (χ2v) is 6.48. The number of thiophene rings is 1. The molecule has 0 unspecified atom stereocenters. The Labute approximate surface area is 114 Å². The molecule has 1 aromatic rings. The lowest BCUT2D eigenvalue weighted by Crippen LogP contribution is -2.38. The highest BCUT2D eigenvalue weighted by Crippen LogP contribution is 2.28. The lowest BCUT2D eigenvalue weighted by atomic mass is 9.82. The van der Waals surface area contributed by atoms with Gasteiger partial charge in [0.2, 0.25) is 0 Å². The van der Waals surface area contributed by atoms with Crippen LogP contribution in [0.2, 0.25) is 0 Å². The zero-order valence-electron chi connectivity index (χ0n) is 9.73. The molecule has 0 aromatic carbocycles. The van der Waals surface area contributed by atoms with Crippen molar-refractivity contribution in [3.63, 3.8) is 0 Å². The third-order valence-electron chi connectivity index (χ3n) is 3.06. The molecule has 1 aliphatic carbocycles. The maximum atomic E-state index is 12.0. The zero-order chi connectivity index (χ0) is 12.4. The number of carbonyl (C=O) groups excluding carboxylic acids is 1. The molecule has 94 valence electrons. The van der Waals surface area contributed by atoms with E-state index in [1.54, 1.807) is 0 Å². The lowest BCUT2D eigenvalue weighted by Gasteiger charge is -2.34. The molecule has 0 amide bonds. The predicted octanol–water partition coefficient (Wildman–Crippen LogP) is 2.40. The van der Waals surface area contributed by atoms with Crippen LogP contribution in [0.3, 0.4) is 0 Å². The standard InChI is InChI=1S/C12H16BrNO2S/c1-14(6-8-4-9(15)5-8)7-11(16)12-10(13)2-3-17-12/h2-3,8-9,15H,4-7H2,1H3. The zero-order valence-corrected chi connectivity index (χ0v) is 12.1. The Hall–Kier alpha value is -0.230. The Balaban J connectivity index is 1.80. The predicted molar refractivity (Wildman–Crippen MR) is 72.6 cm³/mol. The van der Waals surface area contributed by atoms with Gasteiger partial charge in [0.05, 0.1) is 17.5 Å². The fourth-order valence-corrected chi connectivity index (χ4v) is 3.69. The van der Waals surface area contributed by atoms with Crippen LogP contribution < -0.4 is 0 Å². The fourth-order valence-electron chi connectivity index (χ4n) is 2.16. The van der Waals surface area contributed by atoms with Crippen molar-refractivity contribution in [3.8, 4) is 0 Å². The average molecular weight is 318 g/mol. The quantitative estimate of drug-likeness (QED) is 0.848. The molecule has 0 spiro atoms. The van der Waals surface area contributed by atoms with Crippen LogP contribution in [0.5, 0.6) is 0 Å². The maximum absolute atomic E-state index is 12.0. The molecule has 3 nitrogen and oxygen atoms in total. The summed E-state index contributed by atoms with van der Waals surface area (Å²) in [6, 6.07) is 1.90. The smallest absolute Gasteiger partial charge is 0.187 e. The van der Waals surface area contributed by atoms with E-state index in [4.69, 9.17) is 0 Å². The number of rotatable bonds is 5. The molecule has 1 fully saturated rings. The number of aliphatic hydroxyl groups is 1. The molecule has 1 aromatic heterocycles. The van der Waals surface area contributed by atoms with E-state index in [2.05, 4.69) is 15.9 Å². The number of aliphatic hydroxyl groups excluding tert-OH is 1. The molecule has 2 rings (SSSR count). The monoisotopic (exact) mass is 317 g/mol. The Morgan fingerprint density at radius 3 is 2.88 bits per heavy atom. The van der Waals surface area contributed by atoms with Crippen molar-refractivity contribution in [1.29, 1.82) is 0 Å². The van der Waals surface area contributed by atoms with Gasteiger partial charge < -0.3 is 5.11 Å². The van der Waals surface area contributed by atoms with Gasteiger partial charge in [0, 0.05) is 11.0 Å². The van der Waals surface area contributed by atoms with Crippen LogP contribution in [0.25, 0.3) is 0 Å². The summed E-state index contributed by atoms with van der Waals surface area (Å²) >= 11 is 4.85. The van der Waals surface area contributed by atoms with E-state index < -0.39 is 0 Å². The molecular weight excluding hydrogens is 302 g/mol. The van der Waals surface area contributed by atoms with Gasteiger partial charge >= 0.3 is 0 Å². The summed E-state index contributed by atoms with van der Waals surface area (Å²) in [5.74, 6) is 0.712. The van der Waals surface area contributed by atoms with Crippen molar-refractivity contribution in [2.75, 3.05) is 20.1 Å². The van der Waals surface area contributed by atoms with E-state index in [0.29, 0.717) is 12.5 Å². The van der Waals surface area contributed by atoms with Gasteiger partial charge in [-0.05, 0) is 53.2 Å². The van der Waals surface area contributed by atoms with Crippen LogP contribution >= 0.6 is 27.3 Å². The van der Waals surface area contributed by atoms with Crippen molar-refractivity contribution in [3.05, 3.63) is 20.8 Å². The fraction of sp³-hybridized carbons (Fsp3) is 0.583. The summed E-state index contributed by atoms with van der Waals surface area (Å²) in [4.78, 5) is 14.8. The van der Waals surface area contributed by atoms with E-state index in [0.717, 1.165) is 28.7 Å². The minimum atomic E-state index is -0.115. The molecule has 17 heavy (non-hydrogen) atoms. The molecular formula is C12H16BrNO2S. The van der Waals surface area contributed by atoms with Gasteiger partial charge in [0.15, 0.2) is 5.78 Å². The van der Waals surface area contributed by atoms with Crippen LogP contribution in [-0.2, 0) is 0 Å². The van der Waals surface area contributed by atoms with Crippen LogP contribution in [0.1, 0.15) is 22.5 Å². The summed E-state index contributed by atoms with van der Waals surface area (Å²) < 4.78 is 0.889. The summed E-state index contributed by atoms with van der Waals surface area (Å²) in [5, 5.41) is 11.1. The molecule has 1 saturated carbocycles. The average Bonchev–Trinajstić information content (AvgIpc) is 2.62. The highest BCUT2D eigenvalue weighted by atomic mass is 79.9. The molecule has 1 N–H and O–H groups in total. The van der Waals surface area contributed by atoms with E-state index in [1.165, 1.54) is 11.3 Å². The van der Waals surface area contributed by atoms with Crippen LogP contribution in [-0.4, -0.2) is 42.0 Å². The summed E-state index contributed by atoms with van der Waals surface area (Å²) in [6.45, 7) is 1.34. The number of hydrogen-bond acceptors (Lipinski definition) is 4. The van der Waals surface area contributed by atoms with E-state index in [-0.39, 0.29) is 11.9 Å². The first kappa shape index (κ1) is 13.2. The number of ketones is 1. The number of carbonyl (C=O) groups is 1. The SMILES string of the molecule is CN(CC(=O)c1sccc1Br)CC1CC(O)C1. The minimum Gasteiger partial charge on any atom is -0.393 e. The molecule has 0 radical (unpaired) electrons. The van der Waals surface area contributed by atoms with E-state index in [9.17, 15) is 9.90 Å². The molecule has 1 aliphatic rings. The van der Waals surface area contributed by atoms with Crippen molar-refractivity contribution in [2.45, 2.75) is 18.9 Å². The molecule has 0 aliphatic heterocycles. The van der Waals surface area contributed by atoms with E-state index in [1.807, 2.05) is 23.4 Å². The summed E-state index contributed by atoms with van der Waals surface area (Å²) in [6.07, 6.45) is 1.64. The maximum Gasteiger partial charge on any atom is 0.187 e. The van der Waals surface area contributed by atoms with Crippen molar-refractivity contribution >= 4 is 33.0 Å². The van der Waals surface area contributed by atoms with Gasteiger partial charge in [-0.2, -0.15) is 0 Å². The van der Waals surface area contributed by atoms with Crippen molar-refractivity contribution < 1.29 is 9.90 Å². The second-order valence-electron chi connectivity index (χ2n) is 4.71. The summed E-state index contributed by atoms with van der Waals surface area (Å²) in [7, 11) is 1.96. The summed E-state index contributed by atoms with van der Waals surface area (Å²) in [5.41, 5.74) is 0. The first-order chi connectivity index (χ1) is 8.06. The Kier molecular flexibility index (Phi) is 4.36. The third kappa shape index (κ3) is 3.37. The third-order valence-corrected chi connectivity index (χ3v) is 4.94. The Morgan fingerprint density at radius 2 is 2.35 bits per heavy atom. The first-order valence-electron chi connectivity index (χ1n) is 5.69. The normalized spacial score (nSPS) is 23.8. The van der Waals surface area contributed by atoms with Gasteiger partial charge in [-0.15, -0.1) is 11.3 Å². The number of hydrogen-bond donors (Lipinski definition) is 1. The molecule has 1 heterocycles. The van der Waals surface area contributed by atoms with Crippen LogP contribution in [0.15, 0.2) is 15.9 Å². The lowest BCUT2D eigenvalue weighted by molar-refractivity contribution is 0.0286. The largest absolute Gasteiger partial charge is 0.393 e. The number of Topliss-reactive ketones (excluding diaryl/α,β-unsaturated/α-hetero) is 1. The van der Waals surface area contributed by atoms with Crippen molar-refractivity contribution in [2.24, 2.45) is 5.92 Å². The van der Waals surface area contributed by atoms with Gasteiger partial charge in [0.25, 0.3) is 0 Å². The molecule has 5 heteroatoms. The molecule has 0 bridgehead atoms. The highest BCUT2D eigenvalue weighted by Gasteiger charge is 2.28. The number of nitrogens with zero attached hydrogens (tertiary/aromatic N) is 1. The van der Waals surface area contributed by atoms with Gasteiger partial charge in [-0.25, -0.2) is 0 Å². The number of halogens is 1. The molecule has 0 atom stereocenters. The number of likely N-dealkylation sites (N-methyl/N-ethyl adjacent to an activating group) is 1. The van der Waals surface area contributed by atoms with Crippen LogP contribution in [0.4, 0.5) is 0 Å². The molecule has 0 saturated heterocycles. The van der Waals surface area contributed by atoms with Gasteiger partial charge in [0.1, 0.15) is 0 Å². The Bertz CT molecular complexity index is 401.